The number of benzene rings is 7. The van der Waals surface area contributed by atoms with Crippen molar-refractivity contribution in [3.05, 3.63) is 191 Å². The van der Waals surface area contributed by atoms with Gasteiger partial charge >= 0.3 is 0 Å². The molecule has 7 aromatic carbocycles. The summed E-state index contributed by atoms with van der Waals surface area (Å²) in [4.78, 5) is 0. The molecule has 1 nitrogen and oxygen atoms in total. The molecule has 1 heterocycles. The Bertz CT molecular complexity index is 2380. The minimum atomic E-state index is -0.480. The van der Waals surface area contributed by atoms with Gasteiger partial charge in [-0.1, -0.05) is 147 Å². The zero-order valence-corrected chi connectivity index (χ0v) is 26.4. The first kappa shape index (κ1) is 26.5. The number of hydrogen-bond donors (Lipinski definition) is 0. The van der Waals surface area contributed by atoms with Crippen LogP contribution in [0.15, 0.2) is 158 Å². The molecule has 0 saturated carbocycles. The Hall–Kier alpha value is -5.66. The van der Waals surface area contributed by atoms with Crippen LogP contribution >= 0.6 is 0 Å². The molecule has 3 aliphatic rings. The van der Waals surface area contributed by atoms with Gasteiger partial charge in [-0.3, -0.25) is 0 Å². The SMILES string of the molecule is CC1(C)c2ccccc2-c2ccc(-c3ccccc3-c3ccc4c(c3)C3(c5ccccc5O4)c4ccccc4-c4ccccc43)cc21. The van der Waals surface area contributed by atoms with Crippen LogP contribution in [-0.4, -0.2) is 0 Å². The lowest BCUT2D eigenvalue weighted by molar-refractivity contribution is 0.436. The van der Waals surface area contributed by atoms with Gasteiger partial charge in [-0.05, 0) is 91.0 Å². The average molecular weight is 601 g/mol. The van der Waals surface area contributed by atoms with Gasteiger partial charge in [-0.15, -0.1) is 0 Å². The lowest BCUT2D eigenvalue weighted by Gasteiger charge is -2.39. The van der Waals surface area contributed by atoms with E-state index in [1.807, 2.05) is 0 Å². The Morgan fingerprint density at radius 2 is 0.766 bits per heavy atom. The fourth-order valence-electron chi connectivity index (χ4n) is 8.88. The molecule has 0 N–H and O–H groups in total. The van der Waals surface area contributed by atoms with Crippen LogP contribution in [0.3, 0.4) is 0 Å². The minimum Gasteiger partial charge on any atom is -0.457 e. The third-order valence-electron chi connectivity index (χ3n) is 11.0. The highest BCUT2D eigenvalue weighted by atomic mass is 16.5. The van der Waals surface area contributed by atoms with E-state index in [0.717, 1.165) is 11.5 Å². The summed E-state index contributed by atoms with van der Waals surface area (Å²) in [5.41, 5.74) is 17.4. The van der Waals surface area contributed by atoms with Crippen molar-refractivity contribution in [1.82, 2.24) is 0 Å². The lowest BCUT2D eigenvalue weighted by Crippen LogP contribution is -2.32. The van der Waals surface area contributed by atoms with Gasteiger partial charge < -0.3 is 4.74 Å². The molecule has 0 bridgehead atoms. The Morgan fingerprint density at radius 3 is 1.40 bits per heavy atom. The predicted octanol–water partition coefficient (Wildman–Crippen LogP) is 11.8. The van der Waals surface area contributed by atoms with E-state index in [4.69, 9.17) is 4.74 Å². The molecule has 0 atom stereocenters. The van der Waals surface area contributed by atoms with Crippen LogP contribution < -0.4 is 4.74 Å². The summed E-state index contributed by atoms with van der Waals surface area (Å²) in [6.07, 6.45) is 0. The zero-order chi connectivity index (χ0) is 31.3. The molecule has 10 rings (SSSR count). The monoisotopic (exact) mass is 600 g/mol. The van der Waals surface area contributed by atoms with Crippen molar-refractivity contribution in [2.24, 2.45) is 0 Å². The van der Waals surface area contributed by atoms with Crippen molar-refractivity contribution in [1.29, 1.82) is 0 Å². The fourth-order valence-corrected chi connectivity index (χ4v) is 8.88. The first-order valence-corrected chi connectivity index (χ1v) is 16.5. The molecule has 0 saturated heterocycles. The standard InChI is InChI=1S/C46H32O/c1-45(2)37-18-8-5-15-33(37)36-25-23-29(27-41(36)45)31-13-3-4-14-32(31)30-24-26-44-42(28-30)46(40-21-11-12-22-43(40)47-44)38-19-9-6-16-34(38)35-17-7-10-20-39(35)46/h3-28H,1-2H3. The second-order valence-electron chi connectivity index (χ2n) is 13.6. The topological polar surface area (TPSA) is 9.23 Å². The molecule has 222 valence electrons. The van der Waals surface area contributed by atoms with Crippen LogP contribution in [0.2, 0.25) is 0 Å². The van der Waals surface area contributed by atoms with Crippen LogP contribution in [-0.2, 0) is 10.8 Å². The maximum atomic E-state index is 6.70. The normalized spacial score (nSPS) is 15.1. The van der Waals surface area contributed by atoms with Gasteiger partial charge in [0.1, 0.15) is 11.5 Å². The smallest absolute Gasteiger partial charge is 0.132 e. The van der Waals surface area contributed by atoms with Gasteiger partial charge in [-0.2, -0.15) is 0 Å². The number of rotatable bonds is 2. The van der Waals surface area contributed by atoms with Crippen molar-refractivity contribution < 1.29 is 4.74 Å². The van der Waals surface area contributed by atoms with Crippen LogP contribution in [0.25, 0.3) is 44.5 Å². The number of ether oxygens (including phenoxy) is 1. The van der Waals surface area contributed by atoms with Crippen LogP contribution in [0.4, 0.5) is 0 Å². The van der Waals surface area contributed by atoms with Crippen molar-refractivity contribution in [2.75, 3.05) is 0 Å². The molecule has 0 aromatic heterocycles. The molecular weight excluding hydrogens is 569 g/mol. The fraction of sp³-hybridized carbons (Fsp3) is 0.0870. The lowest BCUT2D eigenvalue weighted by atomic mass is 9.65. The first-order valence-electron chi connectivity index (χ1n) is 16.5. The maximum absolute atomic E-state index is 6.70. The quantitative estimate of drug-likeness (QED) is 0.192. The highest BCUT2D eigenvalue weighted by Gasteiger charge is 2.51. The van der Waals surface area contributed by atoms with Crippen LogP contribution in [0.1, 0.15) is 47.2 Å². The summed E-state index contributed by atoms with van der Waals surface area (Å²) in [5.74, 6) is 1.83. The van der Waals surface area contributed by atoms with Gasteiger partial charge in [-0.25, -0.2) is 0 Å². The third kappa shape index (κ3) is 3.44. The molecule has 1 aliphatic heterocycles. The maximum Gasteiger partial charge on any atom is 0.132 e. The Morgan fingerprint density at radius 1 is 0.340 bits per heavy atom. The summed E-state index contributed by atoms with van der Waals surface area (Å²) >= 11 is 0. The third-order valence-corrected chi connectivity index (χ3v) is 11.0. The molecule has 0 radical (unpaired) electrons. The Labute approximate surface area is 275 Å². The molecule has 0 fully saturated rings. The molecular formula is C46H32O. The molecule has 47 heavy (non-hydrogen) atoms. The second-order valence-corrected chi connectivity index (χ2v) is 13.6. The van der Waals surface area contributed by atoms with Crippen LogP contribution in [0.5, 0.6) is 11.5 Å². The van der Waals surface area contributed by atoms with Crippen molar-refractivity contribution in [3.8, 4) is 56.0 Å². The van der Waals surface area contributed by atoms with Gasteiger partial charge in [0.05, 0.1) is 5.41 Å². The van der Waals surface area contributed by atoms with Crippen molar-refractivity contribution >= 4 is 0 Å². The predicted molar refractivity (Wildman–Crippen MR) is 192 cm³/mol. The summed E-state index contributed by atoms with van der Waals surface area (Å²) in [7, 11) is 0. The summed E-state index contributed by atoms with van der Waals surface area (Å²) in [6, 6.07) is 58.0. The summed E-state index contributed by atoms with van der Waals surface area (Å²) in [5, 5.41) is 0. The number of hydrogen-bond acceptors (Lipinski definition) is 1. The van der Waals surface area contributed by atoms with E-state index in [1.54, 1.807) is 0 Å². The van der Waals surface area contributed by atoms with Crippen molar-refractivity contribution in [3.63, 3.8) is 0 Å². The van der Waals surface area contributed by atoms with Crippen LogP contribution in [0, 0.1) is 0 Å². The van der Waals surface area contributed by atoms with E-state index in [0.29, 0.717) is 0 Å². The van der Waals surface area contributed by atoms with Gasteiger partial charge in [0.15, 0.2) is 0 Å². The molecule has 0 amide bonds. The summed E-state index contributed by atoms with van der Waals surface area (Å²) < 4.78 is 6.70. The van der Waals surface area contributed by atoms with Gasteiger partial charge in [0.2, 0.25) is 0 Å². The van der Waals surface area contributed by atoms with E-state index in [-0.39, 0.29) is 5.41 Å². The van der Waals surface area contributed by atoms with Gasteiger partial charge in [0, 0.05) is 16.5 Å². The van der Waals surface area contributed by atoms with E-state index in [2.05, 4.69) is 172 Å². The first-order chi connectivity index (χ1) is 23.1. The van der Waals surface area contributed by atoms with E-state index >= 15 is 0 Å². The Kier molecular flexibility index (Phi) is 5.33. The largest absolute Gasteiger partial charge is 0.457 e. The molecule has 0 unspecified atom stereocenters. The molecule has 2 aliphatic carbocycles. The van der Waals surface area contributed by atoms with Crippen molar-refractivity contribution in [2.45, 2.75) is 24.7 Å². The van der Waals surface area contributed by atoms with E-state index in [1.165, 1.54) is 77.9 Å². The highest BCUT2D eigenvalue weighted by Crippen LogP contribution is 2.62. The Balaban J connectivity index is 1.20. The second kappa shape index (κ2) is 9.44. The molecule has 1 heteroatoms. The highest BCUT2D eigenvalue weighted by molar-refractivity contribution is 5.91. The number of fused-ring (bicyclic) bond motifs is 12. The zero-order valence-electron chi connectivity index (χ0n) is 26.4. The van der Waals surface area contributed by atoms with Gasteiger partial charge in [0.25, 0.3) is 0 Å². The molecule has 7 aromatic rings. The van der Waals surface area contributed by atoms with E-state index in [9.17, 15) is 0 Å². The minimum absolute atomic E-state index is 0.0525. The molecule has 1 spiro atoms. The average Bonchev–Trinajstić information content (AvgIpc) is 3.54. The summed E-state index contributed by atoms with van der Waals surface area (Å²) in [6.45, 7) is 4.71. The number of para-hydroxylation sites is 1. The van der Waals surface area contributed by atoms with E-state index < -0.39 is 5.41 Å².